The second-order valence-electron chi connectivity index (χ2n) is 8.67. The molecule has 0 radical (unpaired) electrons. The van der Waals surface area contributed by atoms with E-state index in [9.17, 15) is 8.42 Å². The highest BCUT2D eigenvalue weighted by Crippen LogP contribution is 2.43. The summed E-state index contributed by atoms with van der Waals surface area (Å²) < 4.78 is 37.5. The SMILES string of the molecule is COc1cc2c3c(c4ccc(NS(C)(=O)=O)cc4c2cc1OC)CN1CCCC[C@@H]1C3. The molecule has 1 fully saturated rings. The van der Waals surface area contributed by atoms with E-state index in [1.807, 2.05) is 18.2 Å². The molecule has 2 aliphatic rings. The van der Waals surface area contributed by atoms with Crippen LogP contribution in [0.4, 0.5) is 5.69 Å². The number of nitrogens with zero attached hydrogens (tertiary/aromatic N) is 1. The van der Waals surface area contributed by atoms with Crippen LogP contribution in [0.15, 0.2) is 30.3 Å². The molecule has 1 N–H and O–H groups in total. The van der Waals surface area contributed by atoms with E-state index in [1.54, 1.807) is 14.2 Å². The Morgan fingerprint density at radius 2 is 1.65 bits per heavy atom. The Balaban J connectivity index is 1.82. The largest absolute Gasteiger partial charge is 0.493 e. The minimum absolute atomic E-state index is 0.567. The minimum Gasteiger partial charge on any atom is -0.493 e. The fourth-order valence-electron chi connectivity index (χ4n) is 5.34. The van der Waals surface area contributed by atoms with Gasteiger partial charge in [-0.1, -0.05) is 12.5 Å². The van der Waals surface area contributed by atoms with Gasteiger partial charge >= 0.3 is 0 Å². The molecular weight excluding hydrogens is 412 g/mol. The standard InChI is InChI=1S/C24H28N2O4S/c1-29-23-12-20-18-10-15(25-31(3,27)28)7-8-17(18)22-14-26-9-5-4-6-16(26)11-19(22)21(20)13-24(23)30-2/h7-8,10,12-13,16,25H,4-6,9,11,14H2,1-3H3/t16-/m1/s1. The van der Waals surface area contributed by atoms with Crippen molar-refractivity contribution in [3.05, 3.63) is 41.5 Å². The molecular formula is C24H28N2O4S. The van der Waals surface area contributed by atoms with E-state index in [1.165, 1.54) is 47.4 Å². The smallest absolute Gasteiger partial charge is 0.229 e. The van der Waals surface area contributed by atoms with Crippen molar-refractivity contribution in [3.63, 3.8) is 0 Å². The van der Waals surface area contributed by atoms with Crippen molar-refractivity contribution in [2.45, 2.75) is 38.3 Å². The van der Waals surface area contributed by atoms with Crippen LogP contribution in [0, 0.1) is 0 Å². The first-order valence-electron chi connectivity index (χ1n) is 10.7. The number of piperidine rings is 1. The molecule has 2 heterocycles. The number of rotatable bonds is 4. The summed E-state index contributed by atoms with van der Waals surface area (Å²) in [4.78, 5) is 2.61. The molecule has 0 saturated carbocycles. The van der Waals surface area contributed by atoms with Gasteiger partial charge in [-0.2, -0.15) is 0 Å². The van der Waals surface area contributed by atoms with Gasteiger partial charge in [0.05, 0.1) is 20.5 Å². The van der Waals surface area contributed by atoms with Crippen molar-refractivity contribution in [3.8, 4) is 11.5 Å². The van der Waals surface area contributed by atoms with Gasteiger partial charge < -0.3 is 9.47 Å². The molecule has 5 rings (SSSR count). The first kappa shape index (κ1) is 20.4. The van der Waals surface area contributed by atoms with Crippen molar-refractivity contribution in [1.29, 1.82) is 0 Å². The van der Waals surface area contributed by atoms with E-state index in [-0.39, 0.29) is 0 Å². The molecule has 2 aliphatic heterocycles. The van der Waals surface area contributed by atoms with Crippen molar-refractivity contribution >= 4 is 37.3 Å². The molecule has 0 amide bonds. The van der Waals surface area contributed by atoms with E-state index >= 15 is 0 Å². The number of sulfonamides is 1. The molecule has 7 heteroatoms. The zero-order chi connectivity index (χ0) is 21.8. The monoisotopic (exact) mass is 440 g/mol. The molecule has 164 valence electrons. The number of ether oxygens (including phenoxy) is 2. The molecule has 1 atom stereocenters. The molecule has 0 aromatic heterocycles. The number of nitrogens with one attached hydrogen (secondary N) is 1. The average Bonchev–Trinajstić information content (AvgIpc) is 2.76. The average molecular weight is 441 g/mol. The van der Waals surface area contributed by atoms with Crippen LogP contribution in [-0.2, 0) is 23.0 Å². The van der Waals surface area contributed by atoms with Gasteiger partial charge in [0, 0.05) is 18.3 Å². The van der Waals surface area contributed by atoms with Crippen molar-refractivity contribution < 1.29 is 17.9 Å². The third kappa shape index (κ3) is 3.59. The first-order valence-corrected chi connectivity index (χ1v) is 12.6. The van der Waals surface area contributed by atoms with Gasteiger partial charge in [-0.25, -0.2) is 8.42 Å². The lowest BCUT2D eigenvalue weighted by Crippen LogP contribution is -2.43. The molecule has 0 aliphatic carbocycles. The van der Waals surface area contributed by atoms with E-state index in [0.717, 1.165) is 30.3 Å². The zero-order valence-corrected chi connectivity index (χ0v) is 19.0. The Hall–Kier alpha value is -2.51. The van der Waals surface area contributed by atoms with Crippen molar-refractivity contribution in [1.82, 2.24) is 4.90 Å². The summed E-state index contributed by atoms with van der Waals surface area (Å²) in [6.07, 6.45) is 5.99. The van der Waals surface area contributed by atoms with E-state index in [2.05, 4.69) is 21.8 Å². The van der Waals surface area contributed by atoms with Crippen molar-refractivity contribution in [2.24, 2.45) is 0 Å². The highest BCUT2D eigenvalue weighted by Gasteiger charge is 2.31. The zero-order valence-electron chi connectivity index (χ0n) is 18.2. The summed E-state index contributed by atoms with van der Waals surface area (Å²) >= 11 is 0. The minimum atomic E-state index is -3.36. The fourth-order valence-corrected chi connectivity index (χ4v) is 5.89. The highest BCUT2D eigenvalue weighted by molar-refractivity contribution is 7.92. The van der Waals surface area contributed by atoms with Crippen LogP contribution in [-0.4, -0.2) is 46.4 Å². The molecule has 0 spiro atoms. The number of hydrogen-bond acceptors (Lipinski definition) is 5. The van der Waals surface area contributed by atoms with Crippen LogP contribution in [0.3, 0.4) is 0 Å². The lowest BCUT2D eigenvalue weighted by Gasteiger charge is -2.41. The lowest BCUT2D eigenvalue weighted by atomic mass is 9.82. The Labute approximate surface area is 183 Å². The van der Waals surface area contributed by atoms with Gasteiger partial charge in [-0.05, 0) is 82.7 Å². The quantitative estimate of drug-likeness (QED) is 0.613. The number of fused-ring (bicyclic) bond motifs is 7. The maximum Gasteiger partial charge on any atom is 0.229 e. The van der Waals surface area contributed by atoms with Crippen LogP contribution in [0.2, 0.25) is 0 Å². The van der Waals surface area contributed by atoms with Crippen molar-refractivity contribution in [2.75, 3.05) is 31.7 Å². The molecule has 0 unspecified atom stereocenters. The summed E-state index contributed by atoms with van der Waals surface area (Å²) in [7, 11) is -0.0580. The van der Waals surface area contributed by atoms with Crippen LogP contribution in [0.25, 0.3) is 21.5 Å². The van der Waals surface area contributed by atoms with Gasteiger partial charge in [0.15, 0.2) is 11.5 Å². The summed E-state index contributed by atoms with van der Waals surface area (Å²) in [5.74, 6) is 1.39. The van der Waals surface area contributed by atoms with Crippen LogP contribution in [0.1, 0.15) is 30.4 Å². The summed E-state index contributed by atoms with van der Waals surface area (Å²) in [6.45, 7) is 2.07. The molecule has 1 saturated heterocycles. The lowest BCUT2D eigenvalue weighted by molar-refractivity contribution is 0.128. The molecule has 6 nitrogen and oxygen atoms in total. The number of hydrogen-bond donors (Lipinski definition) is 1. The van der Waals surface area contributed by atoms with Crippen LogP contribution >= 0.6 is 0 Å². The second-order valence-corrected chi connectivity index (χ2v) is 10.4. The Bertz CT molecular complexity index is 1290. The third-order valence-electron chi connectivity index (χ3n) is 6.70. The number of methoxy groups -OCH3 is 2. The first-order chi connectivity index (χ1) is 14.9. The normalized spacial score (nSPS) is 19.1. The molecule has 0 bridgehead atoms. The van der Waals surface area contributed by atoms with Gasteiger partial charge in [-0.3, -0.25) is 9.62 Å². The Kier molecular flexibility index (Phi) is 4.98. The third-order valence-corrected chi connectivity index (χ3v) is 7.31. The maximum atomic E-state index is 11.8. The van der Waals surface area contributed by atoms with E-state index < -0.39 is 10.0 Å². The predicted octanol–water partition coefficient (Wildman–Crippen LogP) is 4.29. The number of anilines is 1. The number of benzene rings is 3. The predicted molar refractivity (Wildman–Crippen MR) is 125 cm³/mol. The summed E-state index contributed by atoms with van der Waals surface area (Å²) in [5.41, 5.74) is 3.30. The van der Waals surface area contributed by atoms with Gasteiger partial charge in [0.1, 0.15) is 0 Å². The second kappa shape index (κ2) is 7.57. The van der Waals surface area contributed by atoms with Gasteiger partial charge in [0.25, 0.3) is 0 Å². The highest BCUT2D eigenvalue weighted by atomic mass is 32.2. The van der Waals surface area contributed by atoms with Gasteiger partial charge in [-0.15, -0.1) is 0 Å². The summed E-state index contributed by atoms with van der Waals surface area (Å²) in [6, 6.07) is 10.5. The topological polar surface area (TPSA) is 67.9 Å². The molecule has 31 heavy (non-hydrogen) atoms. The van der Waals surface area contributed by atoms with E-state index in [0.29, 0.717) is 23.2 Å². The van der Waals surface area contributed by atoms with Crippen LogP contribution < -0.4 is 14.2 Å². The maximum absolute atomic E-state index is 11.8. The summed E-state index contributed by atoms with van der Waals surface area (Å²) in [5, 5.41) is 4.44. The molecule has 3 aromatic carbocycles. The Morgan fingerprint density at radius 3 is 2.35 bits per heavy atom. The van der Waals surface area contributed by atoms with Gasteiger partial charge in [0.2, 0.25) is 10.0 Å². The fraction of sp³-hybridized carbons (Fsp3) is 0.417. The Morgan fingerprint density at radius 1 is 0.935 bits per heavy atom. The van der Waals surface area contributed by atoms with E-state index in [4.69, 9.17) is 9.47 Å². The molecule has 3 aromatic rings. The van der Waals surface area contributed by atoms with Crippen LogP contribution in [0.5, 0.6) is 11.5 Å².